The van der Waals surface area contributed by atoms with Crippen LogP contribution in [0.5, 0.6) is 0 Å². The maximum Gasteiger partial charge on any atom is 0.490 e. The highest BCUT2D eigenvalue weighted by Gasteiger charge is 2.62. The van der Waals surface area contributed by atoms with Gasteiger partial charge in [-0.15, -0.1) is 0 Å². The topological polar surface area (TPSA) is 150 Å². The van der Waals surface area contributed by atoms with Crippen molar-refractivity contribution < 1.29 is 50.4 Å². The standard InChI is InChI=1S/C10H12N2O6S.C2HF3O2/c1-19(16,17)18-8-4-2-3-11-5-6(4)12(9(5)13)7(8)10(14)15;3-2(4,5)1(6)7/h4-6,11H,2-3H2,1H3,(H,14,15);(H,6,7)/t4?,5-,6+;/m0./s1. The van der Waals surface area contributed by atoms with E-state index in [1.807, 2.05) is 0 Å². The van der Waals surface area contributed by atoms with Gasteiger partial charge < -0.3 is 19.7 Å². The lowest BCUT2D eigenvalue weighted by atomic mass is 9.82. The Hall–Kier alpha value is -2.35. The van der Waals surface area contributed by atoms with Crippen molar-refractivity contribution in [3.05, 3.63) is 11.5 Å². The molecule has 3 aliphatic rings. The third-order valence-corrected chi connectivity index (χ3v) is 4.35. The minimum Gasteiger partial charge on any atom is -0.476 e. The average molecular weight is 402 g/mol. The lowest BCUT2D eigenvalue weighted by Gasteiger charge is -2.48. The first-order valence-electron chi connectivity index (χ1n) is 6.99. The van der Waals surface area contributed by atoms with E-state index in [0.717, 1.165) is 11.2 Å². The van der Waals surface area contributed by atoms with Gasteiger partial charge in [-0.05, 0) is 13.0 Å². The summed E-state index contributed by atoms with van der Waals surface area (Å²) in [6, 6.07) is -0.780. The summed E-state index contributed by atoms with van der Waals surface area (Å²) in [6.45, 7) is 0.523. The number of piperidine rings is 1. The van der Waals surface area contributed by atoms with Crippen molar-refractivity contribution in [1.82, 2.24) is 10.2 Å². The number of halogens is 3. The molecule has 0 aliphatic carbocycles. The summed E-state index contributed by atoms with van der Waals surface area (Å²) in [6.07, 6.45) is -3.69. The van der Waals surface area contributed by atoms with Crippen LogP contribution in [0.25, 0.3) is 0 Å². The smallest absolute Gasteiger partial charge is 0.476 e. The van der Waals surface area contributed by atoms with Crippen molar-refractivity contribution in [2.24, 2.45) is 5.92 Å². The Morgan fingerprint density at radius 1 is 1.31 bits per heavy atom. The summed E-state index contributed by atoms with van der Waals surface area (Å²) in [7, 11) is -3.83. The minimum absolute atomic E-state index is 0.114. The molecule has 0 aromatic heterocycles. The zero-order valence-corrected chi connectivity index (χ0v) is 13.8. The van der Waals surface area contributed by atoms with Crippen molar-refractivity contribution >= 4 is 28.0 Å². The van der Waals surface area contributed by atoms with Crippen LogP contribution < -0.4 is 5.32 Å². The van der Waals surface area contributed by atoms with Gasteiger partial charge in [-0.2, -0.15) is 21.6 Å². The van der Waals surface area contributed by atoms with E-state index < -0.39 is 34.3 Å². The largest absolute Gasteiger partial charge is 0.490 e. The van der Waals surface area contributed by atoms with Crippen molar-refractivity contribution in [3.63, 3.8) is 0 Å². The van der Waals surface area contributed by atoms with Gasteiger partial charge in [-0.3, -0.25) is 9.69 Å². The Labute approximate surface area is 144 Å². The van der Waals surface area contributed by atoms with Crippen LogP contribution in [-0.2, 0) is 28.7 Å². The SMILES string of the molecule is CS(=O)(=O)OC1=C(C(=O)O)N2C(=O)[C@H]3NCCC1[C@H]32.O=C(O)C(F)(F)F. The molecule has 2 saturated heterocycles. The number of carboxylic acids is 2. The molecule has 0 aromatic carbocycles. The fraction of sp³-hybridized carbons (Fsp3) is 0.583. The fourth-order valence-corrected chi connectivity index (χ4v) is 3.54. The number of amides is 1. The van der Waals surface area contributed by atoms with E-state index in [1.54, 1.807) is 0 Å². The average Bonchev–Trinajstić information content (AvgIpc) is 2.78. The summed E-state index contributed by atoms with van der Waals surface area (Å²) < 4.78 is 59.1. The number of hydrogen-bond donors (Lipinski definition) is 3. The van der Waals surface area contributed by atoms with Gasteiger partial charge in [0.25, 0.3) is 0 Å². The lowest BCUT2D eigenvalue weighted by Crippen LogP contribution is -2.71. The molecule has 146 valence electrons. The van der Waals surface area contributed by atoms with Crippen molar-refractivity contribution in [1.29, 1.82) is 0 Å². The molecule has 2 fully saturated rings. The number of nitrogens with one attached hydrogen (secondary N) is 1. The quantitative estimate of drug-likeness (QED) is 0.403. The molecule has 3 heterocycles. The summed E-state index contributed by atoms with van der Waals surface area (Å²) >= 11 is 0. The van der Waals surface area contributed by atoms with Crippen LogP contribution >= 0.6 is 0 Å². The summed E-state index contributed by atoms with van der Waals surface area (Å²) in [4.78, 5) is 33.1. The predicted octanol–water partition coefficient (Wildman–Crippen LogP) is -0.905. The van der Waals surface area contributed by atoms with Gasteiger partial charge in [0.05, 0.1) is 12.3 Å². The molecule has 1 amide bonds. The van der Waals surface area contributed by atoms with E-state index >= 15 is 0 Å². The van der Waals surface area contributed by atoms with Crippen LogP contribution in [-0.4, -0.2) is 72.4 Å². The molecule has 14 heteroatoms. The maximum absolute atomic E-state index is 11.8. The van der Waals surface area contributed by atoms with E-state index in [1.165, 1.54) is 0 Å². The zero-order valence-electron chi connectivity index (χ0n) is 13.0. The Morgan fingerprint density at radius 2 is 1.85 bits per heavy atom. The van der Waals surface area contributed by atoms with Crippen LogP contribution in [0.4, 0.5) is 13.2 Å². The second-order valence-electron chi connectivity index (χ2n) is 5.63. The maximum atomic E-state index is 11.8. The Bertz CT molecular complexity index is 791. The minimum atomic E-state index is -5.08. The van der Waals surface area contributed by atoms with Crippen LogP contribution in [0.1, 0.15) is 6.42 Å². The van der Waals surface area contributed by atoms with Gasteiger partial charge >= 0.3 is 28.2 Å². The Kier molecular flexibility index (Phi) is 4.93. The number of hydrogen-bond acceptors (Lipinski definition) is 7. The monoisotopic (exact) mass is 402 g/mol. The van der Waals surface area contributed by atoms with Gasteiger partial charge in [0.15, 0.2) is 11.5 Å². The van der Waals surface area contributed by atoms with E-state index in [2.05, 4.69) is 5.32 Å². The number of rotatable bonds is 3. The summed E-state index contributed by atoms with van der Waals surface area (Å²) in [5, 5.41) is 19.3. The third-order valence-electron chi connectivity index (χ3n) is 3.87. The first-order chi connectivity index (χ1) is 11.8. The number of nitrogens with zero attached hydrogens (tertiary/aromatic N) is 1. The number of aliphatic carboxylic acids is 2. The van der Waals surface area contributed by atoms with E-state index in [-0.39, 0.29) is 29.3 Å². The van der Waals surface area contributed by atoms with Gasteiger partial charge in [0, 0.05) is 5.92 Å². The number of carboxylic acid groups (broad SMARTS) is 2. The third kappa shape index (κ3) is 3.60. The van der Waals surface area contributed by atoms with E-state index in [9.17, 15) is 36.3 Å². The second-order valence-corrected chi connectivity index (χ2v) is 7.21. The molecule has 3 N–H and O–H groups in total. The normalized spacial score (nSPS) is 27.2. The van der Waals surface area contributed by atoms with Crippen LogP contribution in [0.3, 0.4) is 0 Å². The van der Waals surface area contributed by atoms with Crippen molar-refractivity contribution in [2.45, 2.75) is 24.7 Å². The number of β-lactam (4-membered cyclic amide) rings is 1. The number of carbonyl (C=O) groups is 3. The first kappa shape index (κ1) is 20.0. The van der Waals surface area contributed by atoms with Crippen molar-refractivity contribution in [3.8, 4) is 0 Å². The molecule has 0 radical (unpaired) electrons. The molecule has 3 rings (SSSR count). The highest BCUT2D eigenvalue weighted by atomic mass is 32.2. The van der Waals surface area contributed by atoms with E-state index in [4.69, 9.17) is 14.1 Å². The molecule has 0 bridgehead atoms. The number of carbonyl (C=O) groups excluding carboxylic acids is 1. The van der Waals surface area contributed by atoms with Gasteiger partial charge in [0.1, 0.15) is 6.04 Å². The van der Waals surface area contributed by atoms with Crippen LogP contribution in [0, 0.1) is 5.92 Å². The Morgan fingerprint density at radius 3 is 2.27 bits per heavy atom. The first-order valence-corrected chi connectivity index (χ1v) is 8.81. The molecular weight excluding hydrogens is 389 g/mol. The highest BCUT2D eigenvalue weighted by Crippen LogP contribution is 2.46. The second kappa shape index (κ2) is 6.42. The summed E-state index contributed by atoms with van der Waals surface area (Å²) in [5.74, 6) is -4.94. The predicted molar refractivity (Wildman–Crippen MR) is 74.8 cm³/mol. The molecular formula is C12H13F3N2O8S. The number of alkyl halides is 3. The molecule has 3 aliphatic heterocycles. The molecule has 0 aromatic rings. The van der Waals surface area contributed by atoms with Crippen LogP contribution in [0.2, 0.25) is 0 Å². The Balaban J connectivity index is 0.000000298. The molecule has 0 saturated carbocycles. The van der Waals surface area contributed by atoms with Crippen LogP contribution in [0.15, 0.2) is 11.5 Å². The zero-order chi connectivity index (χ0) is 20.0. The van der Waals surface area contributed by atoms with Gasteiger partial charge in [-0.1, -0.05) is 0 Å². The molecule has 0 spiro atoms. The molecule has 3 atom stereocenters. The van der Waals surface area contributed by atoms with Crippen molar-refractivity contribution in [2.75, 3.05) is 12.8 Å². The highest BCUT2D eigenvalue weighted by molar-refractivity contribution is 7.86. The summed E-state index contributed by atoms with van der Waals surface area (Å²) in [5.41, 5.74) is -0.342. The van der Waals surface area contributed by atoms with E-state index in [0.29, 0.717) is 13.0 Å². The molecule has 10 nitrogen and oxygen atoms in total. The fourth-order valence-electron chi connectivity index (χ4n) is 3.01. The molecule has 1 unspecified atom stereocenters. The van der Waals surface area contributed by atoms with Gasteiger partial charge in [-0.25, -0.2) is 9.59 Å². The molecule has 26 heavy (non-hydrogen) atoms. The lowest BCUT2D eigenvalue weighted by molar-refractivity contribution is -0.192. The van der Waals surface area contributed by atoms with Gasteiger partial charge in [0.2, 0.25) is 5.91 Å².